The van der Waals surface area contributed by atoms with E-state index in [1.165, 1.54) is 0 Å². The Morgan fingerprint density at radius 3 is 2.20 bits per heavy atom. The number of amides is 1. The fourth-order valence-electron chi connectivity index (χ4n) is 1.89. The summed E-state index contributed by atoms with van der Waals surface area (Å²) < 4.78 is 4.95. The van der Waals surface area contributed by atoms with Gasteiger partial charge in [0.05, 0.1) is 6.54 Å². The average molecular weight is 283 g/mol. The Morgan fingerprint density at radius 1 is 1.25 bits per heavy atom. The lowest BCUT2D eigenvalue weighted by molar-refractivity contribution is -0.139. The number of hydrogen-bond donors (Lipinski definition) is 1. The van der Waals surface area contributed by atoms with Crippen molar-refractivity contribution < 1.29 is 14.3 Å². The zero-order valence-electron chi connectivity index (χ0n) is 13.7. The van der Waals surface area contributed by atoms with Crippen molar-refractivity contribution in [2.45, 2.75) is 48.0 Å². The van der Waals surface area contributed by atoms with Crippen molar-refractivity contribution in [2.24, 2.45) is 17.3 Å². The summed E-state index contributed by atoms with van der Waals surface area (Å²) in [4.78, 5) is 23.4. The molecule has 0 bridgehead atoms. The van der Waals surface area contributed by atoms with E-state index >= 15 is 0 Å². The van der Waals surface area contributed by atoms with Gasteiger partial charge in [-0.05, 0) is 24.7 Å². The highest BCUT2D eigenvalue weighted by Crippen LogP contribution is 2.31. The van der Waals surface area contributed by atoms with Crippen LogP contribution in [0.2, 0.25) is 0 Å². The van der Waals surface area contributed by atoms with E-state index in [0.717, 1.165) is 6.42 Å². The zero-order valence-corrected chi connectivity index (χ0v) is 13.7. The molecule has 1 amide bonds. The van der Waals surface area contributed by atoms with Gasteiger partial charge in [-0.15, -0.1) is 0 Å². The van der Waals surface area contributed by atoms with E-state index in [0.29, 0.717) is 18.0 Å². The summed E-state index contributed by atoms with van der Waals surface area (Å²) >= 11 is 0. The number of rotatable bonds is 7. The van der Waals surface area contributed by atoms with Gasteiger partial charge >= 0.3 is 5.97 Å². The maximum atomic E-state index is 12.2. The monoisotopic (exact) mass is 283 g/mol. The molecule has 0 radical (unpaired) electrons. The van der Waals surface area contributed by atoms with Gasteiger partial charge in [-0.1, -0.05) is 41.2 Å². The summed E-state index contributed by atoms with van der Waals surface area (Å²) in [5.41, 5.74) is 0.284. The van der Waals surface area contributed by atoms with E-state index in [2.05, 4.69) is 46.5 Å². The number of carbonyl (C=O) groups excluding carboxylic acids is 2. The van der Waals surface area contributed by atoms with Crippen molar-refractivity contribution in [3.05, 3.63) is 12.2 Å². The predicted molar refractivity (Wildman–Crippen MR) is 81.2 cm³/mol. The molecule has 0 saturated heterocycles. The van der Waals surface area contributed by atoms with Crippen molar-refractivity contribution in [2.75, 3.05) is 13.2 Å². The molecule has 1 atom stereocenters. The maximum Gasteiger partial charge on any atom is 0.333 e. The maximum absolute atomic E-state index is 12.2. The molecule has 0 aromatic rings. The van der Waals surface area contributed by atoms with Crippen molar-refractivity contribution in [1.82, 2.24) is 5.32 Å². The smallest absolute Gasteiger partial charge is 0.333 e. The third-order valence-corrected chi connectivity index (χ3v) is 3.05. The second-order valence-electron chi connectivity index (χ2n) is 6.76. The van der Waals surface area contributed by atoms with Crippen LogP contribution in [0.1, 0.15) is 48.0 Å². The van der Waals surface area contributed by atoms with E-state index in [9.17, 15) is 9.59 Å². The molecule has 4 heteroatoms. The summed E-state index contributed by atoms with van der Waals surface area (Å²) in [6.45, 7) is 16.0. The molecular formula is C16H29NO3. The molecule has 1 N–H and O–H groups in total. The minimum Gasteiger partial charge on any atom is -0.460 e. The Hall–Kier alpha value is -1.32. The molecule has 0 aromatic heterocycles. The number of esters is 1. The molecule has 20 heavy (non-hydrogen) atoms. The largest absolute Gasteiger partial charge is 0.460 e. The first kappa shape index (κ1) is 18.7. The minimum absolute atomic E-state index is 0.0255. The van der Waals surface area contributed by atoms with Crippen molar-refractivity contribution in [3.63, 3.8) is 0 Å². The molecule has 0 aliphatic heterocycles. The van der Waals surface area contributed by atoms with Gasteiger partial charge in [0, 0.05) is 11.5 Å². The number of hydrogen-bond acceptors (Lipinski definition) is 3. The Labute approximate surface area is 123 Å². The first-order valence-corrected chi connectivity index (χ1v) is 7.16. The summed E-state index contributed by atoms with van der Waals surface area (Å²) in [5.74, 6) is 0.0249. The molecule has 0 rings (SSSR count). The lowest BCUT2D eigenvalue weighted by Crippen LogP contribution is -2.40. The molecule has 0 aromatic carbocycles. The highest BCUT2D eigenvalue weighted by molar-refractivity contribution is 5.87. The quantitative estimate of drug-likeness (QED) is 0.444. The van der Waals surface area contributed by atoms with Crippen LogP contribution in [-0.4, -0.2) is 25.0 Å². The summed E-state index contributed by atoms with van der Waals surface area (Å²) in [5, 5.41) is 2.84. The number of carbonyl (C=O) groups is 2. The second kappa shape index (κ2) is 8.08. The van der Waals surface area contributed by atoms with Crippen molar-refractivity contribution in [1.29, 1.82) is 0 Å². The third kappa shape index (κ3) is 7.31. The molecule has 0 spiro atoms. The van der Waals surface area contributed by atoms with E-state index in [1.807, 2.05) is 0 Å². The summed E-state index contributed by atoms with van der Waals surface area (Å²) in [7, 11) is 0. The van der Waals surface area contributed by atoms with Gasteiger partial charge in [-0.3, -0.25) is 4.79 Å². The number of ether oxygens (including phenoxy) is 1. The van der Waals surface area contributed by atoms with Gasteiger partial charge in [0.1, 0.15) is 6.61 Å². The lowest BCUT2D eigenvalue weighted by atomic mass is 9.76. The van der Waals surface area contributed by atoms with Gasteiger partial charge in [0.25, 0.3) is 0 Å². The van der Waals surface area contributed by atoms with E-state index in [1.54, 1.807) is 6.92 Å². The predicted octanol–water partition coefficient (Wildman–Crippen LogP) is 2.93. The fourth-order valence-corrected chi connectivity index (χ4v) is 1.89. The minimum atomic E-state index is -0.422. The first-order valence-electron chi connectivity index (χ1n) is 7.16. The number of nitrogens with one attached hydrogen (secondary N) is 1. The van der Waals surface area contributed by atoms with Crippen LogP contribution >= 0.6 is 0 Å². The van der Waals surface area contributed by atoms with Crippen LogP contribution in [0.5, 0.6) is 0 Å². The Kier molecular flexibility index (Phi) is 7.54. The van der Waals surface area contributed by atoms with Crippen LogP contribution in [0.4, 0.5) is 0 Å². The molecule has 0 heterocycles. The highest BCUT2D eigenvalue weighted by atomic mass is 16.5. The van der Waals surface area contributed by atoms with Crippen LogP contribution in [0, 0.1) is 17.3 Å². The van der Waals surface area contributed by atoms with Crippen LogP contribution < -0.4 is 5.32 Å². The topological polar surface area (TPSA) is 55.4 Å². The molecule has 0 fully saturated rings. The van der Waals surface area contributed by atoms with Gasteiger partial charge in [-0.2, -0.15) is 0 Å². The second-order valence-corrected chi connectivity index (χ2v) is 6.76. The molecule has 1 unspecified atom stereocenters. The van der Waals surface area contributed by atoms with Gasteiger partial charge in [0.15, 0.2) is 0 Å². The fraction of sp³-hybridized carbons (Fsp3) is 0.750. The Morgan fingerprint density at radius 2 is 1.80 bits per heavy atom. The molecule has 116 valence electrons. The van der Waals surface area contributed by atoms with Crippen LogP contribution in [0.3, 0.4) is 0 Å². The van der Waals surface area contributed by atoms with E-state index < -0.39 is 5.97 Å². The van der Waals surface area contributed by atoms with Gasteiger partial charge in [0.2, 0.25) is 5.91 Å². The molecule has 0 saturated carbocycles. The molecule has 0 aliphatic carbocycles. The SMILES string of the molecule is C=C(C)C(=O)OCCNC(=O)C(CC(C)C)C(C)(C)C. The van der Waals surface area contributed by atoms with Crippen molar-refractivity contribution in [3.8, 4) is 0 Å². The van der Waals surface area contributed by atoms with Crippen LogP contribution in [-0.2, 0) is 14.3 Å². The lowest BCUT2D eigenvalue weighted by Gasteiger charge is -2.31. The Bertz CT molecular complexity index is 353. The van der Waals surface area contributed by atoms with Crippen LogP contribution in [0.15, 0.2) is 12.2 Å². The van der Waals surface area contributed by atoms with Gasteiger partial charge < -0.3 is 10.1 Å². The zero-order chi connectivity index (χ0) is 15.9. The average Bonchev–Trinajstić information content (AvgIpc) is 2.29. The van der Waals surface area contributed by atoms with Crippen molar-refractivity contribution >= 4 is 11.9 Å². The summed E-state index contributed by atoms with van der Waals surface area (Å²) in [6, 6.07) is 0. The molecular weight excluding hydrogens is 254 g/mol. The van der Waals surface area contributed by atoms with E-state index in [-0.39, 0.29) is 23.8 Å². The highest BCUT2D eigenvalue weighted by Gasteiger charge is 2.31. The Balaban J connectivity index is 4.28. The molecule has 4 nitrogen and oxygen atoms in total. The van der Waals surface area contributed by atoms with E-state index in [4.69, 9.17) is 4.74 Å². The standard InChI is InChI=1S/C16H29NO3/c1-11(2)10-13(16(5,6)7)14(18)17-8-9-20-15(19)12(3)4/h11,13H,3,8-10H2,1-2,4-7H3,(H,17,18). The normalized spacial score (nSPS) is 12.9. The first-order chi connectivity index (χ1) is 9.05. The van der Waals surface area contributed by atoms with Gasteiger partial charge in [-0.25, -0.2) is 4.79 Å². The summed E-state index contributed by atoms with van der Waals surface area (Å²) in [6.07, 6.45) is 0.848. The molecule has 0 aliphatic rings. The van der Waals surface area contributed by atoms with Crippen LogP contribution in [0.25, 0.3) is 0 Å². The third-order valence-electron chi connectivity index (χ3n) is 3.05.